The Bertz CT molecular complexity index is 1240. The summed E-state index contributed by atoms with van der Waals surface area (Å²) in [6, 6.07) is 21.8. The lowest BCUT2D eigenvalue weighted by atomic mass is 9.92. The molecule has 0 saturated carbocycles. The van der Waals surface area contributed by atoms with Gasteiger partial charge in [-0.15, -0.1) is 0 Å². The van der Waals surface area contributed by atoms with E-state index in [2.05, 4.69) is 33.0 Å². The van der Waals surface area contributed by atoms with E-state index in [1.54, 1.807) is 48.5 Å². The highest BCUT2D eigenvalue weighted by atomic mass is 32.2. The van der Waals surface area contributed by atoms with Gasteiger partial charge in [0.1, 0.15) is 0 Å². The third-order valence-electron chi connectivity index (χ3n) is 6.16. The summed E-state index contributed by atoms with van der Waals surface area (Å²) in [4.78, 5) is 15.2. The Balaban J connectivity index is 1.88. The zero-order chi connectivity index (χ0) is 26.5. The summed E-state index contributed by atoms with van der Waals surface area (Å²) in [7, 11) is -0.0669. The summed E-state index contributed by atoms with van der Waals surface area (Å²) < 4.78 is 28.6. The molecule has 7 heteroatoms. The van der Waals surface area contributed by atoms with Crippen molar-refractivity contribution in [1.82, 2.24) is 0 Å². The standard InChI is InChI=1S/C29H37N3O3S/c1-21(2)26-13-10-14-27(22(3)4)29(26)30-28(33)19-20-32(24-11-8-7-9-12-24)36(34,35)25-17-15-23(16-18-25)31(5)6/h7-18,21-22H,19-20H2,1-6H3,(H,30,33). The molecule has 3 aromatic carbocycles. The molecule has 0 aliphatic rings. The van der Waals surface area contributed by atoms with Crippen LogP contribution in [0, 0.1) is 0 Å². The average Bonchev–Trinajstić information content (AvgIpc) is 2.84. The van der Waals surface area contributed by atoms with E-state index in [-0.39, 0.29) is 35.6 Å². The Morgan fingerprint density at radius 3 is 1.83 bits per heavy atom. The van der Waals surface area contributed by atoms with Gasteiger partial charge in [0.15, 0.2) is 0 Å². The molecule has 0 aromatic heterocycles. The summed E-state index contributed by atoms with van der Waals surface area (Å²) in [6.45, 7) is 8.41. The predicted molar refractivity (Wildman–Crippen MR) is 150 cm³/mol. The summed E-state index contributed by atoms with van der Waals surface area (Å²) in [5.74, 6) is 0.264. The Morgan fingerprint density at radius 2 is 1.33 bits per heavy atom. The average molecular weight is 508 g/mol. The van der Waals surface area contributed by atoms with E-state index in [9.17, 15) is 13.2 Å². The minimum absolute atomic E-state index is 0.0217. The van der Waals surface area contributed by atoms with E-state index in [0.29, 0.717) is 5.69 Å². The van der Waals surface area contributed by atoms with E-state index in [1.807, 2.05) is 43.3 Å². The fourth-order valence-corrected chi connectivity index (χ4v) is 5.59. The van der Waals surface area contributed by atoms with Crippen molar-refractivity contribution >= 4 is 33.0 Å². The van der Waals surface area contributed by atoms with Crippen LogP contribution in [0.4, 0.5) is 17.1 Å². The lowest BCUT2D eigenvalue weighted by molar-refractivity contribution is -0.116. The van der Waals surface area contributed by atoms with Gasteiger partial charge in [-0.25, -0.2) is 8.42 Å². The molecule has 0 heterocycles. The third kappa shape index (κ3) is 6.26. The first-order valence-electron chi connectivity index (χ1n) is 12.3. The number of carbonyl (C=O) groups is 1. The summed E-state index contributed by atoms with van der Waals surface area (Å²) in [6.07, 6.45) is 0.0217. The van der Waals surface area contributed by atoms with Crippen LogP contribution in [0.2, 0.25) is 0 Å². The molecule has 0 saturated heterocycles. The molecule has 0 aliphatic carbocycles. The van der Waals surface area contributed by atoms with Crippen LogP contribution >= 0.6 is 0 Å². The summed E-state index contributed by atoms with van der Waals surface area (Å²) in [5.41, 5.74) is 4.41. The number of carbonyl (C=O) groups excluding carboxylic acids is 1. The number of nitrogens with one attached hydrogen (secondary N) is 1. The van der Waals surface area contributed by atoms with Crippen molar-refractivity contribution < 1.29 is 13.2 Å². The molecule has 0 aliphatic heterocycles. The van der Waals surface area contributed by atoms with Crippen molar-refractivity contribution in [2.75, 3.05) is 35.2 Å². The van der Waals surface area contributed by atoms with Crippen molar-refractivity contribution in [3.05, 3.63) is 83.9 Å². The monoisotopic (exact) mass is 507 g/mol. The van der Waals surface area contributed by atoms with Crippen molar-refractivity contribution in [3.8, 4) is 0 Å². The van der Waals surface area contributed by atoms with E-state index in [4.69, 9.17) is 0 Å². The van der Waals surface area contributed by atoms with Crippen molar-refractivity contribution in [2.24, 2.45) is 0 Å². The SMILES string of the molecule is CC(C)c1cccc(C(C)C)c1NC(=O)CCN(c1ccccc1)S(=O)(=O)c1ccc(N(C)C)cc1. The maximum absolute atomic E-state index is 13.7. The van der Waals surface area contributed by atoms with Gasteiger partial charge < -0.3 is 10.2 Å². The molecule has 0 atom stereocenters. The smallest absolute Gasteiger partial charge is 0.264 e. The molecule has 0 unspecified atom stereocenters. The van der Waals surface area contributed by atoms with Crippen LogP contribution < -0.4 is 14.5 Å². The van der Waals surface area contributed by atoms with Crippen LogP contribution in [0.5, 0.6) is 0 Å². The molecule has 192 valence electrons. The molecule has 3 aromatic rings. The molecule has 36 heavy (non-hydrogen) atoms. The molecule has 1 amide bonds. The Labute approximate surface area is 216 Å². The number of anilines is 3. The molecule has 6 nitrogen and oxygen atoms in total. The number of rotatable bonds is 10. The lowest BCUT2D eigenvalue weighted by Gasteiger charge is -2.25. The van der Waals surface area contributed by atoms with Gasteiger partial charge in [0.2, 0.25) is 5.91 Å². The molecule has 0 bridgehead atoms. The molecular formula is C29H37N3O3S. The second-order valence-electron chi connectivity index (χ2n) is 9.72. The maximum atomic E-state index is 13.7. The Morgan fingerprint density at radius 1 is 0.778 bits per heavy atom. The maximum Gasteiger partial charge on any atom is 0.264 e. The predicted octanol–water partition coefficient (Wildman–Crippen LogP) is 6.22. The van der Waals surface area contributed by atoms with Crippen LogP contribution in [0.25, 0.3) is 0 Å². The second kappa shape index (κ2) is 11.6. The van der Waals surface area contributed by atoms with Gasteiger partial charge in [-0.1, -0.05) is 64.1 Å². The second-order valence-corrected chi connectivity index (χ2v) is 11.6. The summed E-state index contributed by atoms with van der Waals surface area (Å²) in [5, 5.41) is 3.09. The quantitative estimate of drug-likeness (QED) is 0.353. The topological polar surface area (TPSA) is 69.7 Å². The van der Waals surface area contributed by atoms with Crippen LogP contribution in [0.15, 0.2) is 77.7 Å². The van der Waals surface area contributed by atoms with E-state index in [1.165, 1.54) is 4.31 Å². The zero-order valence-electron chi connectivity index (χ0n) is 22.0. The summed E-state index contributed by atoms with van der Waals surface area (Å²) >= 11 is 0. The number of nitrogens with zero attached hydrogens (tertiary/aromatic N) is 2. The Kier molecular flexibility index (Phi) is 8.79. The first kappa shape index (κ1) is 27.3. The molecular weight excluding hydrogens is 470 g/mol. The highest BCUT2D eigenvalue weighted by Gasteiger charge is 2.26. The number of hydrogen-bond donors (Lipinski definition) is 1. The number of amides is 1. The first-order valence-corrected chi connectivity index (χ1v) is 13.7. The number of benzene rings is 3. The van der Waals surface area contributed by atoms with Crippen molar-refractivity contribution in [2.45, 2.75) is 50.8 Å². The first-order chi connectivity index (χ1) is 17.0. The zero-order valence-corrected chi connectivity index (χ0v) is 22.8. The number of sulfonamides is 1. The molecule has 0 fully saturated rings. The largest absolute Gasteiger partial charge is 0.378 e. The Hall–Kier alpha value is -3.32. The van der Waals surface area contributed by atoms with Gasteiger partial charge in [-0.3, -0.25) is 9.10 Å². The molecule has 0 spiro atoms. The molecule has 0 radical (unpaired) electrons. The van der Waals surface area contributed by atoms with Gasteiger partial charge in [0.25, 0.3) is 10.0 Å². The highest BCUT2D eigenvalue weighted by molar-refractivity contribution is 7.92. The molecule has 3 rings (SSSR count). The normalized spacial score (nSPS) is 11.6. The van der Waals surface area contributed by atoms with E-state index < -0.39 is 10.0 Å². The van der Waals surface area contributed by atoms with Gasteiger partial charge in [0, 0.05) is 38.4 Å². The van der Waals surface area contributed by atoms with Crippen molar-refractivity contribution in [1.29, 1.82) is 0 Å². The third-order valence-corrected chi connectivity index (χ3v) is 8.01. The van der Waals surface area contributed by atoms with E-state index >= 15 is 0 Å². The fraction of sp³-hybridized carbons (Fsp3) is 0.345. The van der Waals surface area contributed by atoms with E-state index in [0.717, 1.165) is 22.5 Å². The van der Waals surface area contributed by atoms with Gasteiger partial charge in [-0.05, 0) is 59.4 Å². The van der Waals surface area contributed by atoms with Crippen molar-refractivity contribution in [3.63, 3.8) is 0 Å². The number of para-hydroxylation sites is 2. The minimum Gasteiger partial charge on any atom is -0.378 e. The van der Waals surface area contributed by atoms with Crippen LogP contribution in [-0.2, 0) is 14.8 Å². The van der Waals surface area contributed by atoms with Gasteiger partial charge >= 0.3 is 0 Å². The molecule has 1 N–H and O–H groups in total. The van der Waals surface area contributed by atoms with Crippen LogP contribution in [-0.4, -0.2) is 35.0 Å². The fourth-order valence-electron chi connectivity index (χ4n) is 4.13. The van der Waals surface area contributed by atoms with Crippen LogP contribution in [0.3, 0.4) is 0 Å². The van der Waals surface area contributed by atoms with Gasteiger partial charge in [-0.2, -0.15) is 0 Å². The minimum atomic E-state index is -3.87. The lowest BCUT2D eigenvalue weighted by Crippen LogP contribution is -2.34. The number of hydrogen-bond acceptors (Lipinski definition) is 4. The van der Waals surface area contributed by atoms with Crippen LogP contribution in [0.1, 0.15) is 57.1 Å². The van der Waals surface area contributed by atoms with Gasteiger partial charge in [0.05, 0.1) is 10.6 Å². The highest BCUT2D eigenvalue weighted by Crippen LogP contribution is 2.33.